The largest absolute Gasteiger partial charge is 0.469 e. The molecule has 1 aromatic heterocycles. The van der Waals surface area contributed by atoms with Gasteiger partial charge in [-0.25, -0.2) is 14.5 Å². The first kappa shape index (κ1) is 41.9. The van der Waals surface area contributed by atoms with Crippen LogP contribution in [0.4, 0.5) is 17.3 Å². The number of carbonyl (C=O) groups is 2. The maximum atomic E-state index is 12.2. The van der Waals surface area contributed by atoms with Crippen LogP contribution in [0.25, 0.3) is 0 Å². The van der Waals surface area contributed by atoms with E-state index in [1.807, 2.05) is 0 Å². The van der Waals surface area contributed by atoms with Gasteiger partial charge in [0, 0.05) is 26.5 Å². The molecule has 11 N–H and O–H groups in total. The molecule has 0 unspecified atom stereocenters. The van der Waals surface area contributed by atoms with Gasteiger partial charge in [0.05, 0.1) is 39.7 Å². The number of aromatic nitrogens is 2. The Bertz CT molecular complexity index is 1350. The van der Waals surface area contributed by atoms with Gasteiger partial charge < -0.3 is 85.2 Å². The van der Waals surface area contributed by atoms with Crippen LogP contribution in [0, 0.1) is 0 Å². The minimum Gasteiger partial charge on any atom is -0.394 e. The minimum atomic E-state index is -4.83. The second kappa shape index (κ2) is 20.0. The molecule has 2 amide bonds. The summed E-state index contributed by atoms with van der Waals surface area (Å²) >= 11 is 0. The maximum absolute atomic E-state index is 12.2. The van der Waals surface area contributed by atoms with Gasteiger partial charge in [-0.05, 0) is 12.8 Å². The first-order valence-electron chi connectivity index (χ1n) is 16.5. The number of carbonyl (C=O) groups excluding carboxylic acids is 2. The van der Waals surface area contributed by atoms with Crippen LogP contribution in [-0.2, 0) is 47.1 Å². The normalized spacial score (nSPS) is 28.8. The summed E-state index contributed by atoms with van der Waals surface area (Å²) in [6.45, 7) is 0.809. The van der Waals surface area contributed by atoms with Crippen molar-refractivity contribution in [2.24, 2.45) is 0 Å². The number of phosphoric ester groups is 1. The van der Waals surface area contributed by atoms with E-state index in [9.17, 15) is 34.6 Å². The molecule has 0 saturated carbocycles. The molecule has 0 aliphatic carbocycles. The molecule has 0 aromatic carbocycles. The fourth-order valence-corrected chi connectivity index (χ4v) is 5.98. The van der Waals surface area contributed by atoms with Crippen LogP contribution in [-0.4, -0.2) is 167 Å². The Balaban J connectivity index is 1.08. The number of hydrogen-bond acceptors (Lipinski definition) is 19. The number of rotatable bonds is 21. The molecular formula is C28H48N7O16P. The van der Waals surface area contributed by atoms with Crippen molar-refractivity contribution in [2.45, 2.75) is 81.4 Å². The highest BCUT2D eigenvalue weighted by molar-refractivity contribution is 7.46. The van der Waals surface area contributed by atoms with E-state index < -0.39 is 82.1 Å². The average molecular weight is 770 g/mol. The van der Waals surface area contributed by atoms with Crippen molar-refractivity contribution >= 4 is 37.0 Å². The number of nitrogens with one attached hydrogen (secondary N) is 3. The van der Waals surface area contributed by atoms with E-state index in [1.165, 1.54) is 13.3 Å². The third-order valence-corrected chi connectivity index (χ3v) is 8.68. The van der Waals surface area contributed by atoms with Gasteiger partial charge in [0.15, 0.2) is 24.2 Å². The lowest BCUT2D eigenvalue weighted by Crippen LogP contribution is -2.64. The molecule has 1 aromatic rings. The number of unbranched alkanes of at least 4 members (excludes halogenated alkanes) is 1. The first-order valence-corrected chi connectivity index (χ1v) is 18.0. The summed E-state index contributed by atoms with van der Waals surface area (Å²) in [5.41, 5.74) is 6.37. The summed E-state index contributed by atoms with van der Waals surface area (Å²) in [4.78, 5) is 51.7. The maximum Gasteiger partial charge on any atom is 0.469 e. The summed E-state index contributed by atoms with van der Waals surface area (Å²) in [6.07, 6.45) is -7.12. The lowest BCUT2D eigenvalue weighted by atomic mass is 9.97. The zero-order valence-electron chi connectivity index (χ0n) is 28.4. The lowest BCUT2D eigenvalue weighted by molar-refractivity contribution is -0.270. The van der Waals surface area contributed by atoms with E-state index in [0.717, 1.165) is 0 Å². The number of fused-ring (bicyclic) bond motifs is 1. The summed E-state index contributed by atoms with van der Waals surface area (Å²) < 4.78 is 49.5. The van der Waals surface area contributed by atoms with Crippen molar-refractivity contribution in [3.05, 3.63) is 6.33 Å². The Hall–Kier alpha value is -2.87. The Labute approximate surface area is 298 Å². The average Bonchev–Trinajstić information content (AvgIpc) is 3.66. The molecule has 2 fully saturated rings. The van der Waals surface area contributed by atoms with Gasteiger partial charge in [0.1, 0.15) is 61.5 Å². The molecule has 2 saturated heterocycles. The minimum absolute atomic E-state index is 0.105. The summed E-state index contributed by atoms with van der Waals surface area (Å²) in [5, 5.41) is 48.9. The molecule has 0 bridgehead atoms. The van der Waals surface area contributed by atoms with Crippen LogP contribution >= 0.6 is 7.82 Å². The van der Waals surface area contributed by atoms with Crippen molar-refractivity contribution in [2.75, 3.05) is 75.6 Å². The fraction of sp³-hybridized carbons (Fsp3) is 0.786. The quantitative estimate of drug-likeness (QED) is 0.0324. The molecule has 4 rings (SSSR count). The van der Waals surface area contributed by atoms with Gasteiger partial charge in [0.2, 0.25) is 11.8 Å². The Morgan fingerprint density at radius 3 is 2.54 bits per heavy atom. The first-order chi connectivity index (χ1) is 24.8. The van der Waals surface area contributed by atoms with Crippen LogP contribution in [0.1, 0.15) is 26.2 Å². The zero-order valence-corrected chi connectivity index (χ0v) is 29.3. The second-order valence-corrected chi connectivity index (χ2v) is 13.2. The van der Waals surface area contributed by atoms with Gasteiger partial charge in [-0.3, -0.25) is 14.1 Å². The summed E-state index contributed by atoms with van der Waals surface area (Å²) in [5.74, 6) is -0.0871. The number of nitrogen functional groups attached to an aromatic ring is 1. The molecule has 3 aliphatic heterocycles. The van der Waals surface area contributed by atoms with Gasteiger partial charge in [-0.2, -0.15) is 0 Å². The summed E-state index contributed by atoms with van der Waals surface area (Å²) in [6, 6.07) is -1.04. The van der Waals surface area contributed by atoms with Gasteiger partial charge >= 0.3 is 7.82 Å². The molecular weight excluding hydrogens is 721 g/mol. The molecule has 3 aliphatic rings. The molecule has 296 valence electrons. The predicted octanol–water partition coefficient (Wildman–Crippen LogP) is -3.93. The zero-order chi connectivity index (χ0) is 37.8. The second-order valence-electron chi connectivity index (χ2n) is 12.0. The van der Waals surface area contributed by atoms with Crippen LogP contribution in [0.15, 0.2) is 6.33 Å². The third kappa shape index (κ3) is 11.8. The van der Waals surface area contributed by atoms with E-state index in [-0.39, 0.29) is 64.6 Å². The highest BCUT2D eigenvalue weighted by Crippen LogP contribution is 2.40. The van der Waals surface area contributed by atoms with E-state index in [1.54, 1.807) is 4.90 Å². The SMILES string of the molecule is CC(=O)N[C@H]1[C@H](OCCCCC(=O)NCCOCCOCO[C@@H]2[C@H](O)[C@@H](COP(=O)(O)O)O[C@H]2N2CNc3c(N)ncnc32)O[C@H](CO)[C@H](O)[C@@H]1O. The molecule has 24 heteroatoms. The molecule has 4 heterocycles. The topological polar surface area (TPSA) is 328 Å². The Morgan fingerprint density at radius 1 is 1.04 bits per heavy atom. The van der Waals surface area contributed by atoms with E-state index in [0.29, 0.717) is 24.3 Å². The van der Waals surface area contributed by atoms with Gasteiger partial charge in [-0.15, -0.1) is 0 Å². The van der Waals surface area contributed by atoms with Crippen molar-refractivity contribution in [1.29, 1.82) is 0 Å². The lowest BCUT2D eigenvalue weighted by Gasteiger charge is -2.42. The molecule has 9 atom stereocenters. The molecule has 52 heavy (non-hydrogen) atoms. The van der Waals surface area contributed by atoms with Crippen LogP contribution in [0.5, 0.6) is 0 Å². The van der Waals surface area contributed by atoms with Crippen molar-refractivity contribution < 1.29 is 77.3 Å². The highest BCUT2D eigenvalue weighted by atomic mass is 31.2. The van der Waals surface area contributed by atoms with E-state index in [4.69, 9.17) is 43.9 Å². The number of phosphoric acid groups is 1. The Kier molecular flexibility index (Phi) is 16.1. The van der Waals surface area contributed by atoms with E-state index in [2.05, 4.69) is 30.4 Å². The van der Waals surface area contributed by atoms with Crippen LogP contribution in [0.2, 0.25) is 0 Å². The number of nitrogens with two attached hydrogens (primary N) is 1. The Morgan fingerprint density at radius 2 is 1.81 bits per heavy atom. The number of aliphatic hydroxyl groups is 4. The third-order valence-electron chi connectivity index (χ3n) is 8.20. The number of anilines is 3. The number of amides is 2. The highest BCUT2D eigenvalue weighted by Gasteiger charge is 2.50. The van der Waals surface area contributed by atoms with Crippen molar-refractivity contribution in [1.82, 2.24) is 20.6 Å². The number of aliphatic hydroxyl groups excluding tert-OH is 4. The summed E-state index contributed by atoms with van der Waals surface area (Å²) in [7, 11) is -4.83. The molecule has 0 spiro atoms. The fourth-order valence-electron chi connectivity index (χ4n) is 5.64. The van der Waals surface area contributed by atoms with Crippen molar-refractivity contribution in [3.63, 3.8) is 0 Å². The monoisotopic (exact) mass is 769 g/mol. The smallest absolute Gasteiger partial charge is 0.394 e. The number of hydrogen-bond donors (Lipinski definition) is 10. The molecule has 0 radical (unpaired) electrons. The number of nitrogens with zero attached hydrogens (tertiary/aromatic N) is 3. The van der Waals surface area contributed by atoms with Gasteiger partial charge in [-0.1, -0.05) is 0 Å². The standard InChI is InChI=1S/C28H48N7O16P/c1-15(37)34-19-23(41)21(39)16(10-36)51-28(19)47-6-3-2-4-18(38)30-5-7-45-8-9-46-14-48-24-22(40)17(11-49-52(42,43)44)50-27(24)35-13-33-20-25(29)31-12-32-26(20)35/h12,16-17,19,21-24,27-28,33,36,39-41H,2-11,13-14H2,1H3,(H,30,38)(H,34,37)(H2,29,31,32)(H2,42,43,44)/t16-,17-,19-,21+,22-,23-,24-,27-,28-/m1/s1. The molecule has 23 nitrogen and oxygen atoms in total. The van der Waals surface area contributed by atoms with Crippen molar-refractivity contribution in [3.8, 4) is 0 Å². The van der Waals surface area contributed by atoms with Crippen LogP contribution in [0.3, 0.4) is 0 Å². The van der Waals surface area contributed by atoms with Crippen LogP contribution < -0.4 is 26.6 Å². The predicted molar refractivity (Wildman–Crippen MR) is 175 cm³/mol. The number of ether oxygens (including phenoxy) is 6. The van der Waals surface area contributed by atoms with E-state index >= 15 is 0 Å². The van der Waals surface area contributed by atoms with Gasteiger partial charge in [0.25, 0.3) is 0 Å².